The molecule has 2 N–H and O–H groups in total. The molecule has 0 aliphatic heterocycles. The van der Waals surface area contributed by atoms with E-state index >= 15 is 0 Å². The second-order valence-corrected chi connectivity index (χ2v) is 4.09. The van der Waals surface area contributed by atoms with Crippen LogP contribution in [0, 0.1) is 5.82 Å². The number of aliphatic carboxylic acids is 1. The Morgan fingerprint density at radius 3 is 2.39 bits per heavy atom. The van der Waals surface area contributed by atoms with E-state index in [-0.39, 0.29) is 18.8 Å². The monoisotopic (exact) mass is 255 g/mol. The molecule has 4 nitrogen and oxygen atoms in total. The molecule has 100 valence electrons. The lowest BCUT2D eigenvalue weighted by Crippen LogP contribution is -2.31. The van der Waals surface area contributed by atoms with E-state index < -0.39 is 5.97 Å². The highest BCUT2D eigenvalue weighted by molar-refractivity contribution is 5.66. The van der Waals surface area contributed by atoms with Gasteiger partial charge in [-0.1, -0.05) is 12.1 Å². The van der Waals surface area contributed by atoms with Gasteiger partial charge in [-0.3, -0.25) is 4.79 Å². The number of carbonyl (C=O) groups is 1. The summed E-state index contributed by atoms with van der Waals surface area (Å²) in [6, 6.07) is 6.24. The predicted molar refractivity (Wildman–Crippen MR) is 65.9 cm³/mol. The van der Waals surface area contributed by atoms with Crippen LogP contribution in [0.5, 0.6) is 0 Å². The normalized spacial score (nSPS) is 10.8. The van der Waals surface area contributed by atoms with Gasteiger partial charge in [-0.15, -0.1) is 0 Å². The van der Waals surface area contributed by atoms with Gasteiger partial charge in [-0.05, 0) is 24.1 Å². The zero-order valence-corrected chi connectivity index (χ0v) is 10.2. The minimum Gasteiger partial charge on any atom is -0.481 e. The highest BCUT2D eigenvalue weighted by Crippen LogP contribution is 2.05. The Kier molecular flexibility index (Phi) is 6.32. The first-order valence-electron chi connectivity index (χ1n) is 5.91. The molecule has 0 amide bonds. The van der Waals surface area contributed by atoms with Crippen LogP contribution in [0.3, 0.4) is 0 Å². The number of rotatable bonds is 8. The van der Waals surface area contributed by atoms with Crippen molar-refractivity contribution in [3.63, 3.8) is 0 Å². The van der Waals surface area contributed by atoms with Gasteiger partial charge >= 0.3 is 5.97 Å². The van der Waals surface area contributed by atoms with Crippen LogP contribution in [-0.4, -0.2) is 47.3 Å². The molecule has 0 aliphatic carbocycles. The van der Waals surface area contributed by atoms with Gasteiger partial charge in [-0.2, -0.15) is 0 Å². The van der Waals surface area contributed by atoms with Crippen LogP contribution in [0.15, 0.2) is 24.3 Å². The van der Waals surface area contributed by atoms with E-state index in [1.165, 1.54) is 12.1 Å². The highest BCUT2D eigenvalue weighted by atomic mass is 19.1. The second kappa shape index (κ2) is 7.79. The van der Waals surface area contributed by atoms with E-state index in [1.54, 1.807) is 12.1 Å². The fraction of sp³-hybridized carbons (Fsp3) is 0.462. The number of hydrogen-bond donors (Lipinski definition) is 2. The number of aliphatic hydroxyl groups is 1. The van der Waals surface area contributed by atoms with Gasteiger partial charge in [0.2, 0.25) is 0 Å². The summed E-state index contributed by atoms with van der Waals surface area (Å²) in [5.41, 5.74) is 0.995. The third-order valence-corrected chi connectivity index (χ3v) is 2.69. The Morgan fingerprint density at radius 2 is 1.83 bits per heavy atom. The molecule has 0 aromatic heterocycles. The van der Waals surface area contributed by atoms with Crippen LogP contribution in [0.25, 0.3) is 0 Å². The van der Waals surface area contributed by atoms with Crippen LogP contribution in [-0.2, 0) is 11.2 Å². The number of benzene rings is 1. The molecule has 1 rings (SSSR count). The Bertz CT molecular complexity index is 367. The number of carboxylic acid groups (broad SMARTS) is 1. The van der Waals surface area contributed by atoms with Crippen molar-refractivity contribution in [2.24, 2.45) is 0 Å². The third kappa shape index (κ3) is 5.75. The average molecular weight is 255 g/mol. The average Bonchev–Trinajstić information content (AvgIpc) is 2.34. The Labute approximate surface area is 106 Å². The number of carboxylic acids is 1. The molecule has 1 aromatic rings. The molecule has 0 aliphatic rings. The van der Waals surface area contributed by atoms with Crippen molar-refractivity contribution < 1.29 is 19.4 Å². The number of halogens is 1. The summed E-state index contributed by atoms with van der Waals surface area (Å²) in [7, 11) is 0. The minimum absolute atomic E-state index is 0.00301. The standard InChI is InChI=1S/C13H18FNO3/c14-12-3-1-11(2-4-12)5-7-15(9-10-16)8-6-13(17)18/h1-4,16H,5-10H2,(H,17,18). The summed E-state index contributed by atoms with van der Waals surface area (Å²) >= 11 is 0. The molecule has 0 saturated carbocycles. The fourth-order valence-electron chi connectivity index (χ4n) is 1.67. The van der Waals surface area contributed by atoms with Crippen molar-refractivity contribution in [2.45, 2.75) is 12.8 Å². The molecular formula is C13H18FNO3. The van der Waals surface area contributed by atoms with Crippen molar-refractivity contribution in [2.75, 3.05) is 26.2 Å². The summed E-state index contributed by atoms with van der Waals surface area (Å²) in [5.74, 6) is -1.11. The first-order chi connectivity index (χ1) is 8.61. The lowest BCUT2D eigenvalue weighted by atomic mass is 10.1. The lowest BCUT2D eigenvalue weighted by Gasteiger charge is -2.20. The molecule has 0 unspecified atom stereocenters. The van der Waals surface area contributed by atoms with Crippen LogP contribution < -0.4 is 0 Å². The molecule has 0 spiro atoms. The Balaban J connectivity index is 2.40. The van der Waals surface area contributed by atoms with Crippen molar-refractivity contribution in [1.82, 2.24) is 4.90 Å². The molecule has 0 heterocycles. The Morgan fingerprint density at radius 1 is 1.17 bits per heavy atom. The molecular weight excluding hydrogens is 237 g/mol. The minimum atomic E-state index is -0.847. The third-order valence-electron chi connectivity index (χ3n) is 2.69. The van der Waals surface area contributed by atoms with Crippen LogP contribution in [0.1, 0.15) is 12.0 Å². The van der Waals surface area contributed by atoms with Gasteiger partial charge in [0, 0.05) is 19.6 Å². The predicted octanol–water partition coefficient (Wildman–Crippen LogP) is 1.14. The maximum Gasteiger partial charge on any atom is 0.304 e. The van der Waals surface area contributed by atoms with Crippen molar-refractivity contribution in [1.29, 1.82) is 0 Å². The molecule has 1 aromatic carbocycles. The van der Waals surface area contributed by atoms with E-state index in [9.17, 15) is 9.18 Å². The number of nitrogens with zero attached hydrogens (tertiary/aromatic N) is 1. The maximum atomic E-state index is 12.7. The quantitative estimate of drug-likeness (QED) is 0.731. The van der Waals surface area contributed by atoms with Crippen LogP contribution >= 0.6 is 0 Å². The van der Waals surface area contributed by atoms with Crippen molar-refractivity contribution >= 4 is 5.97 Å². The topological polar surface area (TPSA) is 60.8 Å². The second-order valence-electron chi connectivity index (χ2n) is 4.09. The molecule has 0 fully saturated rings. The summed E-state index contributed by atoms with van der Waals surface area (Å²) < 4.78 is 12.7. The van der Waals surface area contributed by atoms with E-state index in [0.29, 0.717) is 26.1 Å². The van der Waals surface area contributed by atoms with Crippen molar-refractivity contribution in [3.8, 4) is 0 Å². The first-order valence-corrected chi connectivity index (χ1v) is 5.91. The summed E-state index contributed by atoms with van der Waals surface area (Å²) in [6.07, 6.45) is 0.767. The molecule has 18 heavy (non-hydrogen) atoms. The molecule has 0 saturated heterocycles. The zero-order valence-electron chi connectivity index (χ0n) is 10.2. The summed E-state index contributed by atoms with van der Waals surface area (Å²) in [6.45, 7) is 1.52. The van der Waals surface area contributed by atoms with E-state index in [1.807, 2.05) is 4.90 Å². The van der Waals surface area contributed by atoms with Gasteiger partial charge in [0.15, 0.2) is 0 Å². The van der Waals surface area contributed by atoms with Crippen LogP contribution in [0.4, 0.5) is 4.39 Å². The Hall–Kier alpha value is -1.46. The maximum absolute atomic E-state index is 12.7. The van der Waals surface area contributed by atoms with Gasteiger partial charge in [0.05, 0.1) is 13.0 Å². The van der Waals surface area contributed by atoms with E-state index in [0.717, 1.165) is 5.56 Å². The smallest absolute Gasteiger partial charge is 0.304 e. The number of aliphatic hydroxyl groups excluding tert-OH is 1. The first kappa shape index (κ1) is 14.6. The summed E-state index contributed by atoms with van der Waals surface area (Å²) in [5, 5.41) is 17.5. The van der Waals surface area contributed by atoms with Crippen molar-refractivity contribution in [3.05, 3.63) is 35.6 Å². The SMILES string of the molecule is O=C(O)CCN(CCO)CCc1ccc(F)cc1. The fourth-order valence-corrected chi connectivity index (χ4v) is 1.67. The zero-order chi connectivity index (χ0) is 13.4. The summed E-state index contributed by atoms with van der Waals surface area (Å²) in [4.78, 5) is 12.4. The van der Waals surface area contributed by atoms with E-state index in [4.69, 9.17) is 10.2 Å². The lowest BCUT2D eigenvalue weighted by molar-refractivity contribution is -0.137. The van der Waals surface area contributed by atoms with Crippen LogP contribution in [0.2, 0.25) is 0 Å². The largest absolute Gasteiger partial charge is 0.481 e. The highest BCUT2D eigenvalue weighted by Gasteiger charge is 2.07. The molecule has 0 bridgehead atoms. The molecule has 0 radical (unpaired) electrons. The van der Waals surface area contributed by atoms with Gasteiger partial charge < -0.3 is 15.1 Å². The molecule has 5 heteroatoms. The van der Waals surface area contributed by atoms with Gasteiger partial charge in [0.25, 0.3) is 0 Å². The van der Waals surface area contributed by atoms with Gasteiger partial charge in [0.1, 0.15) is 5.82 Å². The molecule has 0 atom stereocenters. The number of hydrogen-bond acceptors (Lipinski definition) is 3. The van der Waals surface area contributed by atoms with Gasteiger partial charge in [-0.25, -0.2) is 4.39 Å². The van der Waals surface area contributed by atoms with E-state index in [2.05, 4.69) is 0 Å².